The predicted molar refractivity (Wildman–Crippen MR) is 80.5 cm³/mol. The smallest absolute Gasteiger partial charge is 0.317 e. The van der Waals surface area contributed by atoms with Gasteiger partial charge in [0.15, 0.2) is 0 Å². The number of carbonyl (C=O) groups excluding carboxylic acids is 1. The summed E-state index contributed by atoms with van der Waals surface area (Å²) < 4.78 is 0. The van der Waals surface area contributed by atoms with Gasteiger partial charge in [0.25, 0.3) is 0 Å². The molecule has 1 aliphatic heterocycles. The van der Waals surface area contributed by atoms with Crippen LogP contribution in [0.4, 0.5) is 4.79 Å². The van der Waals surface area contributed by atoms with E-state index in [9.17, 15) is 4.79 Å². The summed E-state index contributed by atoms with van der Waals surface area (Å²) in [4.78, 5) is 18.4. The molecule has 0 saturated carbocycles. The van der Waals surface area contributed by atoms with Gasteiger partial charge >= 0.3 is 6.03 Å². The van der Waals surface area contributed by atoms with Gasteiger partial charge in [0.05, 0.1) is 6.04 Å². The van der Waals surface area contributed by atoms with E-state index < -0.39 is 0 Å². The largest absolute Gasteiger partial charge is 0.331 e. The summed E-state index contributed by atoms with van der Waals surface area (Å²) in [5.41, 5.74) is 1.13. The Bertz CT molecular complexity index is 399. The first-order valence-corrected chi connectivity index (χ1v) is 7.76. The van der Waals surface area contributed by atoms with Crippen molar-refractivity contribution in [3.8, 4) is 0 Å². The molecule has 1 fully saturated rings. The number of carbonyl (C=O) groups is 1. The fourth-order valence-electron chi connectivity index (χ4n) is 2.71. The number of nitrogens with zero attached hydrogens (tertiary/aromatic N) is 2. The second-order valence-electron chi connectivity index (χ2n) is 5.45. The maximum atomic E-state index is 12.4. The molecule has 4 nitrogen and oxygen atoms in total. The lowest BCUT2D eigenvalue weighted by Crippen LogP contribution is -2.43. The van der Waals surface area contributed by atoms with Crippen LogP contribution in [-0.2, 0) is 0 Å². The summed E-state index contributed by atoms with van der Waals surface area (Å²) in [5.74, 6) is 0. The molecule has 4 heteroatoms. The number of hydrogen-bond acceptors (Lipinski definition) is 2. The van der Waals surface area contributed by atoms with E-state index >= 15 is 0 Å². The molecule has 2 heterocycles. The van der Waals surface area contributed by atoms with Crippen LogP contribution in [0.2, 0.25) is 0 Å². The minimum absolute atomic E-state index is 0.0792. The number of likely N-dealkylation sites (tertiary alicyclic amines) is 1. The third-order valence-corrected chi connectivity index (χ3v) is 3.96. The van der Waals surface area contributed by atoms with Gasteiger partial charge in [0, 0.05) is 25.5 Å². The summed E-state index contributed by atoms with van der Waals surface area (Å²) in [6.45, 7) is 3.87. The number of rotatable bonds is 3. The van der Waals surface area contributed by atoms with Gasteiger partial charge in [-0.2, -0.15) is 0 Å². The number of aromatic nitrogens is 1. The number of hydrogen-bond donors (Lipinski definition) is 1. The Morgan fingerprint density at radius 1 is 1.20 bits per heavy atom. The summed E-state index contributed by atoms with van der Waals surface area (Å²) >= 11 is 0. The summed E-state index contributed by atoms with van der Waals surface area (Å²) in [5, 5.41) is 3.16. The molecule has 0 aromatic carbocycles. The van der Waals surface area contributed by atoms with Crippen molar-refractivity contribution in [2.45, 2.75) is 51.5 Å². The van der Waals surface area contributed by atoms with Crippen molar-refractivity contribution in [3.05, 3.63) is 30.1 Å². The quantitative estimate of drug-likeness (QED) is 0.917. The van der Waals surface area contributed by atoms with Crippen LogP contribution in [0.5, 0.6) is 0 Å². The van der Waals surface area contributed by atoms with Gasteiger partial charge < -0.3 is 10.2 Å². The monoisotopic (exact) mass is 275 g/mol. The van der Waals surface area contributed by atoms with Crippen molar-refractivity contribution in [1.29, 1.82) is 0 Å². The summed E-state index contributed by atoms with van der Waals surface area (Å²) in [7, 11) is 0. The van der Waals surface area contributed by atoms with Crippen LogP contribution < -0.4 is 5.32 Å². The van der Waals surface area contributed by atoms with E-state index in [1.54, 1.807) is 12.4 Å². The van der Waals surface area contributed by atoms with Gasteiger partial charge in [-0.05, 0) is 37.0 Å². The number of pyridine rings is 1. The molecule has 2 amide bonds. The third-order valence-electron chi connectivity index (χ3n) is 3.96. The summed E-state index contributed by atoms with van der Waals surface area (Å²) in [6, 6.07) is 4.11. The molecular weight excluding hydrogens is 250 g/mol. The van der Waals surface area contributed by atoms with Gasteiger partial charge in [0.2, 0.25) is 0 Å². The van der Waals surface area contributed by atoms with Crippen LogP contribution in [0.25, 0.3) is 0 Å². The first-order chi connectivity index (χ1) is 9.81. The molecule has 2 rings (SSSR count). The zero-order valence-electron chi connectivity index (χ0n) is 12.3. The molecule has 20 heavy (non-hydrogen) atoms. The lowest BCUT2D eigenvalue weighted by molar-refractivity contribution is 0.188. The molecule has 1 aromatic heterocycles. The molecule has 1 N–H and O–H groups in total. The lowest BCUT2D eigenvalue weighted by Gasteiger charge is -2.27. The fourth-order valence-corrected chi connectivity index (χ4v) is 2.71. The average molecular weight is 275 g/mol. The Balaban J connectivity index is 1.94. The second-order valence-corrected chi connectivity index (χ2v) is 5.45. The Kier molecular flexibility index (Phi) is 5.84. The minimum atomic E-state index is 0.0792. The molecule has 1 saturated heterocycles. The van der Waals surface area contributed by atoms with Crippen LogP contribution >= 0.6 is 0 Å². The van der Waals surface area contributed by atoms with Crippen molar-refractivity contribution in [2.75, 3.05) is 13.1 Å². The average Bonchev–Trinajstić information content (AvgIpc) is 2.45. The molecule has 110 valence electrons. The van der Waals surface area contributed by atoms with Gasteiger partial charge in [-0.3, -0.25) is 4.98 Å². The number of amides is 2. The highest BCUT2D eigenvalue weighted by molar-refractivity contribution is 5.74. The molecule has 0 aliphatic carbocycles. The highest BCUT2D eigenvalue weighted by Crippen LogP contribution is 2.17. The maximum Gasteiger partial charge on any atom is 0.317 e. The van der Waals surface area contributed by atoms with Gasteiger partial charge in [-0.1, -0.05) is 26.2 Å². The SMILES string of the molecule is CCC(NC(=O)N1CCCCCCC1)c1ccncc1. The molecule has 1 atom stereocenters. The van der Waals surface area contributed by atoms with Crippen LogP contribution in [0.1, 0.15) is 57.1 Å². The Morgan fingerprint density at radius 2 is 1.80 bits per heavy atom. The number of urea groups is 1. The normalized spacial score (nSPS) is 17.9. The van der Waals surface area contributed by atoms with Crippen molar-refractivity contribution in [3.63, 3.8) is 0 Å². The molecule has 0 bridgehead atoms. The zero-order valence-corrected chi connectivity index (χ0v) is 12.3. The highest BCUT2D eigenvalue weighted by atomic mass is 16.2. The van der Waals surface area contributed by atoms with Gasteiger partial charge in [0.1, 0.15) is 0 Å². The third kappa shape index (κ3) is 4.22. The van der Waals surface area contributed by atoms with Gasteiger partial charge in [-0.25, -0.2) is 4.79 Å². The number of nitrogens with one attached hydrogen (secondary N) is 1. The molecular formula is C16H25N3O. The first-order valence-electron chi connectivity index (χ1n) is 7.76. The van der Waals surface area contributed by atoms with E-state index in [2.05, 4.69) is 17.2 Å². The van der Waals surface area contributed by atoms with Crippen molar-refractivity contribution >= 4 is 6.03 Å². The first kappa shape index (κ1) is 14.8. The predicted octanol–water partition coefficient (Wildman–Crippen LogP) is 3.51. The van der Waals surface area contributed by atoms with Crippen LogP contribution in [0.15, 0.2) is 24.5 Å². The van der Waals surface area contributed by atoms with E-state index in [-0.39, 0.29) is 12.1 Å². The Morgan fingerprint density at radius 3 is 2.40 bits per heavy atom. The Labute approximate surface area is 121 Å². The van der Waals surface area contributed by atoms with Crippen LogP contribution in [0.3, 0.4) is 0 Å². The van der Waals surface area contributed by atoms with E-state index in [1.165, 1.54) is 19.3 Å². The Hall–Kier alpha value is -1.58. The van der Waals surface area contributed by atoms with Gasteiger partial charge in [-0.15, -0.1) is 0 Å². The minimum Gasteiger partial charge on any atom is -0.331 e. The highest BCUT2D eigenvalue weighted by Gasteiger charge is 2.18. The van der Waals surface area contributed by atoms with E-state index in [0.29, 0.717) is 0 Å². The van der Waals surface area contributed by atoms with Crippen LogP contribution in [0, 0.1) is 0 Å². The lowest BCUT2D eigenvalue weighted by atomic mass is 10.1. The molecule has 1 aromatic rings. The van der Waals surface area contributed by atoms with E-state index in [4.69, 9.17) is 0 Å². The second kappa shape index (κ2) is 7.88. The van der Waals surface area contributed by atoms with Crippen LogP contribution in [-0.4, -0.2) is 29.0 Å². The molecule has 0 radical (unpaired) electrons. The zero-order chi connectivity index (χ0) is 14.2. The van der Waals surface area contributed by atoms with Crippen molar-refractivity contribution in [2.24, 2.45) is 0 Å². The van der Waals surface area contributed by atoms with E-state index in [1.807, 2.05) is 17.0 Å². The molecule has 1 aliphatic rings. The van der Waals surface area contributed by atoms with E-state index in [0.717, 1.165) is 37.9 Å². The van der Waals surface area contributed by atoms with Crippen molar-refractivity contribution in [1.82, 2.24) is 15.2 Å². The molecule has 1 unspecified atom stereocenters. The maximum absolute atomic E-state index is 12.4. The fraction of sp³-hybridized carbons (Fsp3) is 0.625. The topological polar surface area (TPSA) is 45.2 Å². The van der Waals surface area contributed by atoms with Crippen molar-refractivity contribution < 1.29 is 4.79 Å². The standard InChI is InChI=1S/C16H25N3O/c1-2-15(14-8-10-17-11-9-14)18-16(20)19-12-6-4-3-5-7-13-19/h8-11,15H,2-7,12-13H2,1H3,(H,18,20). The molecule has 0 spiro atoms. The summed E-state index contributed by atoms with van der Waals surface area (Å²) in [6.07, 6.45) is 10.5.